The molecule has 0 saturated carbocycles. The van der Waals surface area contributed by atoms with Crippen LogP contribution in [0, 0.1) is 5.82 Å². The fourth-order valence-corrected chi connectivity index (χ4v) is 1.38. The SMILES string of the molecule is CCNc1ccc(-c2ccc(F)cc2)nn1. The molecule has 0 atom stereocenters. The lowest BCUT2D eigenvalue weighted by atomic mass is 10.1. The Kier molecular flexibility index (Phi) is 3.10. The zero-order chi connectivity index (χ0) is 11.4. The molecule has 0 fully saturated rings. The number of nitrogens with zero attached hydrogens (tertiary/aromatic N) is 2. The quantitative estimate of drug-likeness (QED) is 0.859. The minimum absolute atomic E-state index is 0.249. The summed E-state index contributed by atoms with van der Waals surface area (Å²) in [5, 5.41) is 11.1. The number of halogens is 1. The number of hydrogen-bond donors (Lipinski definition) is 1. The van der Waals surface area contributed by atoms with Crippen LogP contribution in [-0.2, 0) is 0 Å². The predicted octanol–water partition coefficient (Wildman–Crippen LogP) is 2.71. The maximum Gasteiger partial charge on any atom is 0.148 e. The van der Waals surface area contributed by atoms with Gasteiger partial charge in [-0.15, -0.1) is 10.2 Å². The summed E-state index contributed by atoms with van der Waals surface area (Å²) in [5.41, 5.74) is 1.60. The van der Waals surface area contributed by atoms with E-state index in [4.69, 9.17) is 0 Å². The van der Waals surface area contributed by atoms with Crippen LogP contribution < -0.4 is 5.32 Å². The fourth-order valence-electron chi connectivity index (χ4n) is 1.38. The van der Waals surface area contributed by atoms with Crippen LogP contribution in [0.15, 0.2) is 36.4 Å². The Morgan fingerprint density at radius 3 is 2.38 bits per heavy atom. The lowest BCUT2D eigenvalue weighted by Gasteiger charge is -2.02. The Hall–Kier alpha value is -1.97. The van der Waals surface area contributed by atoms with Crippen LogP contribution in [0.4, 0.5) is 10.2 Å². The van der Waals surface area contributed by atoms with Gasteiger partial charge in [-0.2, -0.15) is 0 Å². The zero-order valence-electron chi connectivity index (χ0n) is 8.94. The summed E-state index contributed by atoms with van der Waals surface area (Å²) < 4.78 is 12.7. The average molecular weight is 217 g/mol. The predicted molar refractivity (Wildman–Crippen MR) is 61.6 cm³/mol. The smallest absolute Gasteiger partial charge is 0.148 e. The molecule has 3 nitrogen and oxygen atoms in total. The van der Waals surface area contributed by atoms with Gasteiger partial charge in [-0.25, -0.2) is 4.39 Å². The van der Waals surface area contributed by atoms with E-state index in [1.165, 1.54) is 12.1 Å². The third-order valence-electron chi connectivity index (χ3n) is 2.16. The molecule has 0 unspecified atom stereocenters. The Labute approximate surface area is 93.3 Å². The zero-order valence-corrected chi connectivity index (χ0v) is 8.94. The van der Waals surface area contributed by atoms with Crippen LogP contribution in [0.2, 0.25) is 0 Å². The molecule has 4 heteroatoms. The van der Waals surface area contributed by atoms with E-state index in [2.05, 4.69) is 15.5 Å². The van der Waals surface area contributed by atoms with Gasteiger partial charge >= 0.3 is 0 Å². The molecule has 16 heavy (non-hydrogen) atoms. The van der Waals surface area contributed by atoms with Gasteiger partial charge in [0.25, 0.3) is 0 Å². The van der Waals surface area contributed by atoms with E-state index >= 15 is 0 Å². The van der Waals surface area contributed by atoms with Crippen LogP contribution >= 0.6 is 0 Å². The number of hydrogen-bond acceptors (Lipinski definition) is 3. The van der Waals surface area contributed by atoms with Gasteiger partial charge in [0.15, 0.2) is 0 Å². The molecule has 0 aliphatic rings. The molecule has 1 aromatic heterocycles. The first-order valence-corrected chi connectivity index (χ1v) is 5.13. The lowest BCUT2D eigenvalue weighted by Crippen LogP contribution is -2.00. The van der Waals surface area contributed by atoms with E-state index in [1.807, 2.05) is 19.1 Å². The number of nitrogens with one attached hydrogen (secondary N) is 1. The monoisotopic (exact) mass is 217 g/mol. The normalized spacial score (nSPS) is 10.1. The number of benzene rings is 1. The van der Waals surface area contributed by atoms with Gasteiger partial charge in [-0.1, -0.05) is 0 Å². The molecular formula is C12H12FN3. The molecule has 1 N–H and O–H groups in total. The second-order valence-electron chi connectivity index (χ2n) is 3.34. The highest BCUT2D eigenvalue weighted by atomic mass is 19.1. The summed E-state index contributed by atoms with van der Waals surface area (Å²) in [6, 6.07) is 9.91. The first-order chi connectivity index (χ1) is 7.79. The molecule has 0 saturated heterocycles. The molecule has 2 rings (SSSR count). The minimum Gasteiger partial charge on any atom is -0.369 e. The summed E-state index contributed by atoms with van der Waals surface area (Å²) in [4.78, 5) is 0. The Morgan fingerprint density at radius 2 is 1.81 bits per heavy atom. The van der Waals surface area contributed by atoms with Crippen molar-refractivity contribution in [3.05, 3.63) is 42.2 Å². The maximum absolute atomic E-state index is 12.7. The van der Waals surface area contributed by atoms with Gasteiger partial charge in [0.1, 0.15) is 11.6 Å². The summed E-state index contributed by atoms with van der Waals surface area (Å²) in [6.45, 7) is 2.81. The van der Waals surface area contributed by atoms with Crippen molar-refractivity contribution in [1.29, 1.82) is 0 Å². The van der Waals surface area contributed by atoms with Gasteiger partial charge in [0.05, 0.1) is 5.69 Å². The summed E-state index contributed by atoms with van der Waals surface area (Å²) in [7, 11) is 0. The van der Waals surface area contributed by atoms with Gasteiger partial charge < -0.3 is 5.32 Å². The third-order valence-corrected chi connectivity index (χ3v) is 2.16. The average Bonchev–Trinajstić information content (AvgIpc) is 2.32. The Balaban J connectivity index is 2.24. The van der Waals surface area contributed by atoms with Crippen molar-refractivity contribution in [2.24, 2.45) is 0 Å². The van der Waals surface area contributed by atoms with Crippen molar-refractivity contribution in [3.63, 3.8) is 0 Å². The van der Waals surface area contributed by atoms with Crippen LogP contribution in [0.3, 0.4) is 0 Å². The first kappa shape index (κ1) is 10.5. The van der Waals surface area contributed by atoms with Gasteiger partial charge in [-0.05, 0) is 43.3 Å². The summed E-state index contributed by atoms with van der Waals surface area (Å²) in [5.74, 6) is 0.495. The van der Waals surface area contributed by atoms with Gasteiger partial charge in [0, 0.05) is 12.1 Å². The standard InChI is InChI=1S/C12H12FN3/c1-2-14-12-8-7-11(15-16-12)9-3-5-10(13)6-4-9/h3-8H,2H2,1H3,(H,14,16). The van der Waals surface area contributed by atoms with E-state index in [0.717, 1.165) is 23.6 Å². The third kappa shape index (κ3) is 2.34. The molecule has 0 bridgehead atoms. The second-order valence-corrected chi connectivity index (χ2v) is 3.34. The molecule has 0 spiro atoms. The molecular weight excluding hydrogens is 205 g/mol. The highest BCUT2D eigenvalue weighted by molar-refractivity contribution is 5.59. The molecule has 1 heterocycles. The van der Waals surface area contributed by atoms with Gasteiger partial charge in [-0.3, -0.25) is 0 Å². The van der Waals surface area contributed by atoms with Crippen molar-refractivity contribution in [1.82, 2.24) is 10.2 Å². The number of rotatable bonds is 3. The topological polar surface area (TPSA) is 37.8 Å². The van der Waals surface area contributed by atoms with Crippen molar-refractivity contribution in [2.75, 3.05) is 11.9 Å². The summed E-state index contributed by atoms with van der Waals surface area (Å²) >= 11 is 0. The number of aromatic nitrogens is 2. The summed E-state index contributed by atoms with van der Waals surface area (Å²) in [6.07, 6.45) is 0. The molecule has 82 valence electrons. The Bertz CT molecular complexity index is 451. The van der Waals surface area contributed by atoms with Crippen LogP contribution in [-0.4, -0.2) is 16.7 Å². The van der Waals surface area contributed by atoms with Crippen molar-refractivity contribution in [2.45, 2.75) is 6.92 Å². The van der Waals surface area contributed by atoms with Crippen molar-refractivity contribution < 1.29 is 4.39 Å². The first-order valence-electron chi connectivity index (χ1n) is 5.13. The molecule has 1 aromatic carbocycles. The second kappa shape index (κ2) is 4.70. The van der Waals surface area contributed by atoms with E-state index < -0.39 is 0 Å². The van der Waals surface area contributed by atoms with E-state index in [-0.39, 0.29) is 5.82 Å². The molecule has 0 radical (unpaired) electrons. The van der Waals surface area contributed by atoms with Crippen LogP contribution in [0.25, 0.3) is 11.3 Å². The highest BCUT2D eigenvalue weighted by Gasteiger charge is 2.00. The van der Waals surface area contributed by atoms with E-state index in [1.54, 1.807) is 12.1 Å². The van der Waals surface area contributed by atoms with Crippen molar-refractivity contribution in [3.8, 4) is 11.3 Å². The van der Waals surface area contributed by atoms with E-state index in [0.29, 0.717) is 0 Å². The van der Waals surface area contributed by atoms with Crippen molar-refractivity contribution >= 4 is 5.82 Å². The fraction of sp³-hybridized carbons (Fsp3) is 0.167. The number of anilines is 1. The highest BCUT2D eigenvalue weighted by Crippen LogP contribution is 2.17. The van der Waals surface area contributed by atoms with Gasteiger partial charge in [0.2, 0.25) is 0 Å². The minimum atomic E-state index is -0.249. The maximum atomic E-state index is 12.7. The Morgan fingerprint density at radius 1 is 1.06 bits per heavy atom. The lowest BCUT2D eigenvalue weighted by molar-refractivity contribution is 0.628. The van der Waals surface area contributed by atoms with Crippen LogP contribution in [0.1, 0.15) is 6.92 Å². The molecule has 0 aliphatic heterocycles. The van der Waals surface area contributed by atoms with Crippen LogP contribution in [0.5, 0.6) is 0 Å². The van der Waals surface area contributed by atoms with E-state index in [9.17, 15) is 4.39 Å². The molecule has 2 aromatic rings. The largest absolute Gasteiger partial charge is 0.369 e. The molecule has 0 aliphatic carbocycles. The molecule has 0 amide bonds.